The molecule has 3 nitrogen and oxygen atoms in total. The van der Waals surface area contributed by atoms with Gasteiger partial charge in [0.1, 0.15) is 11.9 Å². The summed E-state index contributed by atoms with van der Waals surface area (Å²) in [5.74, 6) is 0.524. The maximum Gasteiger partial charge on any atom is 0.416 e. The first-order valence-corrected chi connectivity index (χ1v) is 13.5. The zero-order valence-corrected chi connectivity index (χ0v) is 22.5. The van der Waals surface area contributed by atoms with Crippen molar-refractivity contribution in [2.75, 3.05) is 13.1 Å². The van der Waals surface area contributed by atoms with Crippen molar-refractivity contribution in [1.29, 1.82) is 0 Å². The minimum absolute atomic E-state index is 0.000585. The third kappa shape index (κ3) is 7.31. The molecule has 1 aliphatic rings. The van der Waals surface area contributed by atoms with Gasteiger partial charge < -0.3 is 9.64 Å². The first-order valence-electron chi connectivity index (χ1n) is 13.5. The van der Waals surface area contributed by atoms with Gasteiger partial charge in [-0.05, 0) is 73.1 Å². The number of benzene rings is 3. The normalized spacial score (nSPS) is 18.2. The molecule has 0 spiro atoms. The van der Waals surface area contributed by atoms with Crippen molar-refractivity contribution in [2.45, 2.75) is 51.3 Å². The molecule has 1 fully saturated rings. The number of piperidine rings is 1. The van der Waals surface area contributed by atoms with Gasteiger partial charge in [-0.1, -0.05) is 67.6 Å². The number of alkyl halides is 3. The Bertz CT molecular complexity index is 1240. The van der Waals surface area contributed by atoms with Crippen molar-refractivity contribution in [1.82, 2.24) is 4.90 Å². The lowest BCUT2D eigenvalue weighted by atomic mass is 9.87. The van der Waals surface area contributed by atoms with E-state index in [-0.39, 0.29) is 17.7 Å². The van der Waals surface area contributed by atoms with E-state index in [1.165, 1.54) is 17.7 Å². The molecule has 3 aromatic rings. The Labute approximate surface area is 229 Å². The minimum Gasteiger partial charge on any atom is -0.485 e. The number of allylic oxidation sites excluding steroid dienone is 1. The van der Waals surface area contributed by atoms with Crippen molar-refractivity contribution in [3.63, 3.8) is 0 Å². The minimum atomic E-state index is -4.40. The monoisotopic (exact) mass is 535 g/mol. The van der Waals surface area contributed by atoms with Crippen molar-refractivity contribution in [3.8, 4) is 5.75 Å². The Kier molecular flexibility index (Phi) is 9.16. The van der Waals surface area contributed by atoms with Gasteiger partial charge in [-0.15, -0.1) is 6.58 Å². The zero-order chi connectivity index (χ0) is 28.0. The molecule has 4 unspecified atom stereocenters. The fourth-order valence-corrected chi connectivity index (χ4v) is 5.27. The number of rotatable bonds is 9. The Morgan fingerprint density at radius 1 is 1.03 bits per heavy atom. The van der Waals surface area contributed by atoms with Crippen LogP contribution in [0, 0.1) is 11.8 Å². The lowest BCUT2D eigenvalue weighted by molar-refractivity contribution is -0.137. The molecule has 1 amide bonds. The van der Waals surface area contributed by atoms with Crippen LogP contribution in [-0.2, 0) is 17.4 Å². The van der Waals surface area contributed by atoms with E-state index < -0.39 is 17.8 Å². The maximum atomic E-state index is 13.6. The van der Waals surface area contributed by atoms with E-state index in [9.17, 15) is 18.0 Å². The number of amides is 1. The van der Waals surface area contributed by atoms with Crippen LogP contribution >= 0.6 is 0 Å². The summed E-state index contributed by atoms with van der Waals surface area (Å²) in [6, 6.07) is 22.7. The van der Waals surface area contributed by atoms with Crippen molar-refractivity contribution < 1.29 is 22.7 Å². The zero-order valence-electron chi connectivity index (χ0n) is 22.5. The third-order valence-electron chi connectivity index (χ3n) is 7.55. The van der Waals surface area contributed by atoms with Crippen molar-refractivity contribution >= 4 is 5.91 Å². The van der Waals surface area contributed by atoms with E-state index in [0.717, 1.165) is 42.5 Å². The maximum absolute atomic E-state index is 13.6. The van der Waals surface area contributed by atoms with Gasteiger partial charge in [0.15, 0.2) is 0 Å². The van der Waals surface area contributed by atoms with Gasteiger partial charge in [-0.3, -0.25) is 4.79 Å². The van der Waals surface area contributed by atoms with Gasteiger partial charge in [0, 0.05) is 19.0 Å². The first-order chi connectivity index (χ1) is 18.7. The number of nitrogens with zero attached hydrogens (tertiary/aromatic N) is 1. The summed E-state index contributed by atoms with van der Waals surface area (Å²) in [4.78, 5) is 15.6. The van der Waals surface area contributed by atoms with Gasteiger partial charge in [0.2, 0.25) is 5.91 Å². The molecule has 0 N–H and O–H groups in total. The SMILES string of the molecule is C=CC(C)Cc1cccc(C(C)C(=O)N2CCCC(C(Oc3ccc(C(F)(F)F)cc3)c3ccccc3)C2)c1. The van der Waals surface area contributed by atoms with Gasteiger partial charge in [0.25, 0.3) is 0 Å². The number of hydrogen-bond acceptors (Lipinski definition) is 2. The standard InChI is InChI=1S/C33H36F3NO2/c1-4-23(2)20-25-10-8-13-27(21-25)24(3)32(38)37-19-9-14-28(22-37)31(26-11-6-5-7-12-26)39-30-17-15-29(16-18-30)33(34,35)36/h4-8,10-13,15-18,21,23-24,28,31H,1,9,14,19-20,22H2,2-3H3. The lowest BCUT2D eigenvalue weighted by Gasteiger charge is -2.38. The van der Waals surface area contributed by atoms with Gasteiger partial charge in [-0.2, -0.15) is 13.2 Å². The quantitative estimate of drug-likeness (QED) is 0.258. The number of carbonyl (C=O) groups is 1. The number of halogens is 3. The number of likely N-dealkylation sites (tertiary alicyclic amines) is 1. The number of carbonyl (C=O) groups excluding carboxylic acids is 1. The second-order valence-electron chi connectivity index (χ2n) is 10.5. The van der Waals surface area contributed by atoms with Gasteiger partial charge >= 0.3 is 6.18 Å². The topological polar surface area (TPSA) is 29.5 Å². The van der Waals surface area contributed by atoms with Crippen LogP contribution in [0.25, 0.3) is 0 Å². The van der Waals surface area contributed by atoms with E-state index in [1.54, 1.807) is 0 Å². The Morgan fingerprint density at radius 3 is 2.38 bits per heavy atom. The third-order valence-corrected chi connectivity index (χ3v) is 7.55. The Morgan fingerprint density at radius 2 is 1.72 bits per heavy atom. The summed E-state index contributed by atoms with van der Waals surface area (Å²) in [7, 11) is 0. The molecule has 1 aliphatic heterocycles. The second kappa shape index (κ2) is 12.5. The van der Waals surface area contributed by atoms with Gasteiger partial charge in [0.05, 0.1) is 11.5 Å². The summed E-state index contributed by atoms with van der Waals surface area (Å²) in [5, 5.41) is 0. The molecule has 3 aromatic carbocycles. The molecule has 4 atom stereocenters. The molecule has 39 heavy (non-hydrogen) atoms. The summed E-state index contributed by atoms with van der Waals surface area (Å²) >= 11 is 0. The molecule has 1 heterocycles. The summed E-state index contributed by atoms with van der Waals surface area (Å²) in [6.45, 7) is 9.15. The molecular weight excluding hydrogens is 499 g/mol. The summed E-state index contributed by atoms with van der Waals surface area (Å²) < 4.78 is 45.5. The molecule has 6 heteroatoms. The summed E-state index contributed by atoms with van der Waals surface area (Å²) in [6.07, 6.45) is -0.290. The molecule has 206 valence electrons. The molecule has 0 radical (unpaired) electrons. The summed E-state index contributed by atoms with van der Waals surface area (Å²) in [5.41, 5.74) is 2.41. The van der Waals surface area contributed by atoms with Crippen molar-refractivity contribution in [2.24, 2.45) is 11.8 Å². The van der Waals surface area contributed by atoms with Crippen LogP contribution in [-0.4, -0.2) is 23.9 Å². The smallest absolute Gasteiger partial charge is 0.416 e. The van der Waals surface area contributed by atoms with E-state index in [0.29, 0.717) is 24.8 Å². The van der Waals surface area contributed by atoms with Crippen LogP contribution in [0.3, 0.4) is 0 Å². The van der Waals surface area contributed by atoms with Crippen LogP contribution in [0.15, 0.2) is 91.5 Å². The largest absolute Gasteiger partial charge is 0.485 e. The highest BCUT2D eigenvalue weighted by Crippen LogP contribution is 2.36. The van der Waals surface area contributed by atoms with Gasteiger partial charge in [-0.25, -0.2) is 0 Å². The number of hydrogen-bond donors (Lipinski definition) is 0. The molecule has 0 aliphatic carbocycles. The number of ether oxygens (including phenoxy) is 1. The second-order valence-corrected chi connectivity index (χ2v) is 10.5. The average molecular weight is 536 g/mol. The van der Waals surface area contributed by atoms with Crippen molar-refractivity contribution in [3.05, 3.63) is 114 Å². The Balaban J connectivity index is 1.51. The Hall–Kier alpha value is -3.54. The van der Waals surface area contributed by atoms with Crippen LogP contribution in [0.1, 0.15) is 61.0 Å². The van der Waals surface area contributed by atoms with E-state index >= 15 is 0 Å². The van der Waals surface area contributed by atoms with E-state index in [4.69, 9.17) is 4.74 Å². The molecular formula is C33H36F3NO2. The van der Waals surface area contributed by atoms with E-state index in [2.05, 4.69) is 25.6 Å². The van der Waals surface area contributed by atoms with Crippen LogP contribution < -0.4 is 4.74 Å². The highest BCUT2D eigenvalue weighted by molar-refractivity contribution is 5.83. The highest BCUT2D eigenvalue weighted by atomic mass is 19.4. The molecule has 0 aromatic heterocycles. The lowest BCUT2D eigenvalue weighted by Crippen LogP contribution is -2.44. The van der Waals surface area contributed by atoms with E-state index in [1.807, 2.05) is 60.4 Å². The predicted molar refractivity (Wildman–Crippen MR) is 148 cm³/mol. The highest BCUT2D eigenvalue weighted by Gasteiger charge is 2.34. The van der Waals surface area contributed by atoms with Crippen LogP contribution in [0.5, 0.6) is 5.75 Å². The fraction of sp³-hybridized carbons (Fsp3) is 0.364. The first kappa shape index (κ1) is 28.5. The predicted octanol–water partition coefficient (Wildman–Crippen LogP) is 8.23. The fourth-order valence-electron chi connectivity index (χ4n) is 5.27. The molecule has 0 saturated carbocycles. The molecule has 0 bridgehead atoms. The van der Waals surface area contributed by atoms with Crippen LogP contribution in [0.2, 0.25) is 0 Å². The average Bonchev–Trinajstić information content (AvgIpc) is 2.95. The molecule has 4 rings (SSSR count). The van der Waals surface area contributed by atoms with Crippen LogP contribution in [0.4, 0.5) is 13.2 Å². The molecule has 1 saturated heterocycles.